The average Bonchev–Trinajstić information content (AvgIpc) is 2.61. The first kappa shape index (κ1) is 19.3. The molecule has 0 heterocycles. The zero-order valence-corrected chi connectivity index (χ0v) is 13.7. The van der Waals surface area contributed by atoms with Crippen LogP contribution in [0.25, 0.3) is 0 Å². The summed E-state index contributed by atoms with van der Waals surface area (Å²) in [7, 11) is 1.49. The zero-order valence-electron chi connectivity index (χ0n) is 13.7. The Bertz CT molecular complexity index is 788. The molecular weight excluding hydrogens is 351 g/mol. The van der Waals surface area contributed by atoms with Crippen molar-refractivity contribution in [1.82, 2.24) is 5.32 Å². The van der Waals surface area contributed by atoms with Crippen LogP contribution in [0.15, 0.2) is 48.5 Å². The molecule has 0 radical (unpaired) electrons. The van der Waals surface area contributed by atoms with Crippen LogP contribution in [-0.4, -0.2) is 30.1 Å². The van der Waals surface area contributed by atoms with Gasteiger partial charge in [-0.3, -0.25) is 4.79 Å². The van der Waals surface area contributed by atoms with Gasteiger partial charge in [0.25, 0.3) is 5.91 Å². The first-order chi connectivity index (χ1) is 12.2. The number of amides is 1. The molecule has 0 saturated heterocycles. The highest BCUT2D eigenvalue weighted by Gasteiger charge is 2.31. The maximum absolute atomic E-state index is 12.7. The molecule has 8 heteroatoms. The number of carboxylic acids is 1. The number of alkyl halides is 3. The van der Waals surface area contributed by atoms with E-state index >= 15 is 0 Å². The van der Waals surface area contributed by atoms with E-state index < -0.39 is 29.7 Å². The van der Waals surface area contributed by atoms with E-state index in [9.17, 15) is 27.9 Å². The number of methoxy groups -OCH3 is 1. The van der Waals surface area contributed by atoms with Gasteiger partial charge in [0.2, 0.25) is 0 Å². The van der Waals surface area contributed by atoms with Gasteiger partial charge in [0.05, 0.1) is 12.7 Å². The number of halogens is 3. The molecule has 1 atom stereocenters. The lowest BCUT2D eigenvalue weighted by Crippen LogP contribution is -2.42. The highest BCUT2D eigenvalue weighted by Crippen LogP contribution is 2.29. The molecule has 0 aliphatic rings. The van der Waals surface area contributed by atoms with Crippen molar-refractivity contribution in [3.8, 4) is 5.75 Å². The van der Waals surface area contributed by atoms with E-state index in [0.717, 1.165) is 12.1 Å². The molecule has 0 spiro atoms. The molecule has 5 nitrogen and oxygen atoms in total. The quantitative estimate of drug-likeness (QED) is 0.823. The molecule has 2 rings (SSSR count). The SMILES string of the molecule is COc1ccc(C[C@H](NC(=O)c2cccc(C(F)(F)F)c2)C(=O)O)cc1. The molecule has 0 aliphatic carbocycles. The largest absolute Gasteiger partial charge is 0.497 e. The van der Waals surface area contributed by atoms with Gasteiger partial charge in [-0.25, -0.2) is 4.79 Å². The molecular formula is C18H16F3NO4. The predicted octanol–water partition coefficient (Wildman–Crippen LogP) is 3.14. The Balaban J connectivity index is 2.14. The monoisotopic (exact) mass is 367 g/mol. The van der Waals surface area contributed by atoms with Crippen LogP contribution < -0.4 is 10.1 Å². The average molecular weight is 367 g/mol. The fraction of sp³-hybridized carbons (Fsp3) is 0.222. The number of ether oxygens (including phenoxy) is 1. The van der Waals surface area contributed by atoms with Gasteiger partial charge < -0.3 is 15.2 Å². The van der Waals surface area contributed by atoms with Gasteiger partial charge in [0, 0.05) is 12.0 Å². The number of hydrogen-bond donors (Lipinski definition) is 2. The molecule has 0 aromatic heterocycles. The standard InChI is InChI=1S/C18H16F3NO4/c1-26-14-7-5-11(6-8-14)9-15(17(24)25)22-16(23)12-3-2-4-13(10-12)18(19,20)21/h2-8,10,15H,9H2,1H3,(H,22,23)(H,24,25)/t15-/m0/s1. The maximum Gasteiger partial charge on any atom is 0.416 e. The van der Waals surface area contributed by atoms with E-state index in [-0.39, 0.29) is 12.0 Å². The first-order valence-corrected chi connectivity index (χ1v) is 7.54. The van der Waals surface area contributed by atoms with Crippen LogP contribution in [0.1, 0.15) is 21.5 Å². The summed E-state index contributed by atoms with van der Waals surface area (Å²) in [4.78, 5) is 23.6. The minimum absolute atomic E-state index is 0.0238. The van der Waals surface area contributed by atoms with Crippen molar-refractivity contribution in [2.24, 2.45) is 0 Å². The van der Waals surface area contributed by atoms with Gasteiger partial charge in [0.15, 0.2) is 0 Å². The van der Waals surface area contributed by atoms with Gasteiger partial charge >= 0.3 is 12.1 Å². The minimum Gasteiger partial charge on any atom is -0.497 e. The molecule has 0 saturated carbocycles. The summed E-state index contributed by atoms with van der Waals surface area (Å²) in [6.45, 7) is 0. The van der Waals surface area contributed by atoms with Gasteiger partial charge in [-0.2, -0.15) is 13.2 Å². The van der Waals surface area contributed by atoms with Gasteiger partial charge in [-0.05, 0) is 35.9 Å². The Kier molecular flexibility index (Phi) is 5.86. The predicted molar refractivity (Wildman–Crippen MR) is 87.0 cm³/mol. The molecule has 138 valence electrons. The topological polar surface area (TPSA) is 75.6 Å². The lowest BCUT2D eigenvalue weighted by molar-refractivity contribution is -0.139. The molecule has 0 aliphatic heterocycles. The number of aliphatic carboxylic acids is 1. The number of rotatable bonds is 6. The number of nitrogens with one attached hydrogen (secondary N) is 1. The highest BCUT2D eigenvalue weighted by molar-refractivity contribution is 5.96. The second-order valence-electron chi connectivity index (χ2n) is 5.50. The van der Waals surface area contributed by atoms with Crippen molar-refractivity contribution in [3.05, 3.63) is 65.2 Å². The van der Waals surface area contributed by atoms with Crippen LogP contribution in [0.2, 0.25) is 0 Å². The molecule has 26 heavy (non-hydrogen) atoms. The fourth-order valence-electron chi connectivity index (χ4n) is 2.28. The smallest absolute Gasteiger partial charge is 0.416 e. The minimum atomic E-state index is -4.59. The molecule has 2 aromatic carbocycles. The lowest BCUT2D eigenvalue weighted by Gasteiger charge is -2.15. The van der Waals surface area contributed by atoms with E-state index in [1.54, 1.807) is 24.3 Å². The number of benzene rings is 2. The molecule has 0 unspecified atom stereocenters. The molecule has 0 bridgehead atoms. The summed E-state index contributed by atoms with van der Waals surface area (Å²) in [5.74, 6) is -1.59. The third-order valence-corrected chi connectivity index (χ3v) is 3.65. The molecule has 2 N–H and O–H groups in total. The summed E-state index contributed by atoms with van der Waals surface area (Å²) in [6, 6.07) is 9.09. The van der Waals surface area contributed by atoms with E-state index in [0.29, 0.717) is 17.4 Å². The molecule has 2 aromatic rings. The second kappa shape index (κ2) is 7.90. The Labute approximate surface area is 147 Å². The van der Waals surface area contributed by atoms with Crippen LogP contribution in [0.3, 0.4) is 0 Å². The van der Waals surface area contributed by atoms with Crippen molar-refractivity contribution < 1.29 is 32.6 Å². The van der Waals surface area contributed by atoms with Gasteiger partial charge in [-0.1, -0.05) is 18.2 Å². The van der Waals surface area contributed by atoms with Crippen molar-refractivity contribution >= 4 is 11.9 Å². The number of carbonyl (C=O) groups excluding carboxylic acids is 1. The van der Waals surface area contributed by atoms with Crippen molar-refractivity contribution in [3.63, 3.8) is 0 Å². The summed E-state index contributed by atoms with van der Waals surface area (Å²) < 4.78 is 43.2. The van der Waals surface area contributed by atoms with Crippen molar-refractivity contribution in [1.29, 1.82) is 0 Å². The Morgan fingerprint density at radius 2 is 1.81 bits per heavy atom. The Morgan fingerprint density at radius 3 is 2.35 bits per heavy atom. The van der Waals surface area contributed by atoms with Crippen LogP contribution in [0, 0.1) is 0 Å². The van der Waals surface area contributed by atoms with Crippen molar-refractivity contribution in [2.75, 3.05) is 7.11 Å². The number of carboxylic acid groups (broad SMARTS) is 1. The van der Waals surface area contributed by atoms with Gasteiger partial charge in [0.1, 0.15) is 11.8 Å². The molecule has 1 amide bonds. The van der Waals surface area contributed by atoms with Crippen LogP contribution >= 0.6 is 0 Å². The normalized spacial score (nSPS) is 12.3. The molecule has 0 fully saturated rings. The summed E-state index contributed by atoms with van der Waals surface area (Å²) in [5.41, 5.74) is -0.615. The van der Waals surface area contributed by atoms with E-state index in [4.69, 9.17) is 4.74 Å². The third-order valence-electron chi connectivity index (χ3n) is 3.65. The van der Waals surface area contributed by atoms with Crippen LogP contribution in [-0.2, 0) is 17.4 Å². The Hall–Kier alpha value is -3.03. The third kappa shape index (κ3) is 4.98. The summed E-state index contributed by atoms with van der Waals surface area (Å²) in [5, 5.41) is 11.5. The van der Waals surface area contributed by atoms with E-state index in [2.05, 4.69) is 5.32 Å². The summed E-state index contributed by atoms with van der Waals surface area (Å²) in [6.07, 6.45) is -4.62. The first-order valence-electron chi connectivity index (χ1n) is 7.54. The number of carbonyl (C=O) groups is 2. The van der Waals surface area contributed by atoms with Crippen molar-refractivity contribution in [2.45, 2.75) is 18.6 Å². The maximum atomic E-state index is 12.7. The van der Waals surface area contributed by atoms with Crippen LogP contribution in [0.4, 0.5) is 13.2 Å². The lowest BCUT2D eigenvalue weighted by atomic mass is 10.0. The van der Waals surface area contributed by atoms with E-state index in [1.807, 2.05) is 0 Å². The second-order valence-corrected chi connectivity index (χ2v) is 5.50. The fourth-order valence-corrected chi connectivity index (χ4v) is 2.28. The highest BCUT2D eigenvalue weighted by atomic mass is 19.4. The van der Waals surface area contributed by atoms with E-state index in [1.165, 1.54) is 13.2 Å². The number of hydrogen-bond acceptors (Lipinski definition) is 3. The van der Waals surface area contributed by atoms with Crippen LogP contribution in [0.5, 0.6) is 5.75 Å². The summed E-state index contributed by atoms with van der Waals surface area (Å²) >= 11 is 0. The zero-order chi connectivity index (χ0) is 19.3. The van der Waals surface area contributed by atoms with Gasteiger partial charge in [-0.15, -0.1) is 0 Å². The Morgan fingerprint density at radius 1 is 1.15 bits per heavy atom.